The summed E-state index contributed by atoms with van der Waals surface area (Å²) in [5.74, 6) is -0.479. The van der Waals surface area contributed by atoms with E-state index in [1.54, 1.807) is 0 Å². The molecule has 0 saturated heterocycles. The van der Waals surface area contributed by atoms with Crippen LogP contribution in [0.2, 0.25) is 0 Å². The molecule has 0 saturated carbocycles. The van der Waals surface area contributed by atoms with Crippen molar-refractivity contribution in [1.29, 1.82) is 0 Å². The van der Waals surface area contributed by atoms with E-state index in [0.29, 0.717) is 10.7 Å². The van der Waals surface area contributed by atoms with Gasteiger partial charge < -0.3 is 5.73 Å². The van der Waals surface area contributed by atoms with Crippen LogP contribution in [0.4, 0.5) is 5.13 Å². The number of para-hydroxylation sites is 1. The summed E-state index contributed by atoms with van der Waals surface area (Å²) in [7, 11) is 0. The number of pyridine rings is 1. The average Bonchev–Trinajstić information content (AvgIpc) is 3.10. The van der Waals surface area contributed by atoms with Crippen molar-refractivity contribution in [3.8, 4) is 11.3 Å². The first kappa shape index (κ1) is 21.0. The fraction of sp³-hybridized carbons (Fsp3) is 0.130. The number of primary amides is 1. The van der Waals surface area contributed by atoms with Gasteiger partial charge in [0.05, 0.1) is 32.4 Å². The van der Waals surface area contributed by atoms with Crippen LogP contribution in [-0.2, 0) is 4.79 Å². The van der Waals surface area contributed by atoms with Gasteiger partial charge in [0.15, 0.2) is 5.13 Å². The minimum atomic E-state index is -0.393. The first-order chi connectivity index (χ1) is 14.9. The molecule has 2 aromatic heterocycles. The Kier molecular flexibility index (Phi) is 6.01. The Balaban J connectivity index is 1.68. The molecule has 156 valence electrons. The van der Waals surface area contributed by atoms with Crippen molar-refractivity contribution < 1.29 is 9.59 Å². The number of thioether (sulfide) groups is 1. The maximum Gasteiger partial charge on any atom is 0.258 e. The van der Waals surface area contributed by atoms with E-state index in [9.17, 15) is 9.59 Å². The van der Waals surface area contributed by atoms with E-state index in [4.69, 9.17) is 10.7 Å². The second kappa shape index (κ2) is 8.87. The number of anilines is 1. The zero-order valence-electron chi connectivity index (χ0n) is 17.0. The molecule has 2 heterocycles. The molecule has 0 aliphatic rings. The number of hydrogen-bond donors (Lipinski definition) is 2. The Morgan fingerprint density at radius 2 is 1.81 bits per heavy atom. The van der Waals surface area contributed by atoms with Gasteiger partial charge in [-0.15, -0.1) is 11.8 Å². The molecule has 4 rings (SSSR count). The summed E-state index contributed by atoms with van der Waals surface area (Å²) in [6.07, 6.45) is 0. The van der Waals surface area contributed by atoms with Gasteiger partial charge in [-0.05, 0) is 26.0 Å². The number of amides is 2. The largest absolute Gasteiger partial charge is 0.369 e. The first-order valence-corrected chi connectivity index (χ1v) is 11.4. The van der Waals surface area contributed by atoms with Crippen molar-refractivity contribution in [1.82, 2.24) is 9.97 Å². The number of nitrogens with two attached hydrogens (primary N) is 1. The highest BCUT2D eigenvalue weighted by molar-refractivity contribution is 8.01. The highest BCUT2D eigenvalue weighted by atomic mass is 32.2. The van der Waals surface area contributed by atoms with Crippen molar-refractivity contribution >= 4 is 50.9 Å². The van der Waals surface area contributed by atoms with Crippen molar-refractivity contribution in [2.75, 3.05) is 11.1 Å². The van der Waals surface area contributed by atoms with E-state index in [-0.39, 0.29) is 11.7 Å². The molecule has 31 heavy (non-hydrogen) atoms. The molecule has 0 bridgehead atoms. The molecule has 0 spiro atoms. The second-order valence-electron chi connectivity index (χ2n) is 7.04. The summed E-state index contributed by atoms with van der Waals surface area (Å²) in [6, 6.07) is 17.4. The van der Waals surface area contributed by atoms with E-state index in [1.807, 2.05) is 68.4 Å². The van der Waals surface area contributed by atoms with Gasteiger partial charge in [-0.2, -0.15) is 0 Å². The number of hydrogen-bond acceptors (Lipinski definition) is 6. The predicted octanol–water partition coefficient (Wildman–Crippen LogP) is 4.80. The van der Waals surface area contributed by atoms with Gasteiger partial charge in [-0.3, -0.25) is 14.9 Å². The summed E-state index contributed by atoms with van der Waals surface area (Å²) in [6.45, 7) is 3.87. The molecule has 0 unspecified atom stereocenters. The fourth-order valence-corrected chi connectivity index (χ4v) is 4.98. The number of thiazole rings is 1. The maximum absolute atomic E-state index is 13.2. The Bertz CT molecular complexity index is 1280. The third-order valence-corrected chi connectivity index (χ3v) is 7.09. The molecule has 0 aliphatic carbocycles. The number of nitrogens with zero attached hydrogens (tertiary/aromatic N) is 2. The number of carbonyl (C=O) groups excluding carboxylic acids is 2. The molecule has 3 N–H and O–H groups in total. The zero-order chi connectivity index (χ0) is 22.0. The van der Waals surface area contributed by atoms with Crippen molar-refractivity contribution in [3.05, 3.63) is 71.4 Å². The van der Waals surface area contributed by atoms with Crippen LogP contribution in [0.15, 0.2) is 58.8 Å². The van der Waals surface area contributed by atoms with Crippen LogP contribution in [0.25, 0.3) is 22.2 Å². The molecule has 0 aliphatic heterocycles. The lowest BCUT2D eigenvalue weighted by Gasteiger charge is -2.10. The lowest BCUT2D eigenvalue weighted by atomic mass is 10.0. The van der Waals surface area contributed by atoms with Gasteiger partial charge in [0.25, 0.3) is 5.91 Å². The monoisotopic (exact) mass is 448 g/mol. The highest BCUT2D eigenvalue weighted by Crippen LogP contribution is 2.33. The molecule has 4 aromatic rings. The highest BCUT2D eigenvalue weighted by Gasteiger charge is 2.17. The number of fused-ring (bicyclic) bond motifs is 1. The van der Waals surface area contributed by atoms with E-state index < -0.39 is 5.91 Å². The molecule has 0 radical (unpaired) electrons. The van der Waals surface area contributed by atoms with E-state index in [0.717, 1.165) is 37.6 Å². The normalized spacial score (nSPS) is 10.9. The van der Waals surface area contributed by atoms with Crippen molar-refractivity contribution in [2.45, 2.75) is 18.1 Å². The molecule has 0 atom stereocenters. The van der Waals surface area contributed by atoms with Gasteiger partial charge in [0.1, 0.15) is 0 Å². The second-order valence-corrected chi connectivity index (χ2v) is 9.28. The summed E-state index contributed by atoms with van der Waals surface area (Å²) in [4.78, 5) is 33.4. The first-order valence-electron chi connectivity index (χ1n) is 9.57. The molecular formula is C23H20N4O2S2. The third kappa shape index (κ3) is 4.76. The van der Waals surface area contributed by atoms with Crippen LogP contribution in [0.1, 0.15) is 21.6 Å². The molecule has 2 amide bonds. The van der Waals surface area contributed by atoms with Crippen molar-refractivity contribution in [3.63, 3.8) is 0 Å². The SMILES string of the molecule is Cc1ccc(-c2cc(C(=O)Nc3nc(C)c(SCC(N)=O)s3)c3ccccc3n2)cc1. The summed E-state index contributed by atoms with van der Waals surface area (Å²) >= 11 is 2.65. The molecule has 6 nitrogen and oxygen atoms in total. The Labute approximate surface area is 187 Å². The molecule has 8 heteroatoms. The quantitative estimate of drug-likeness (QED) is 0.413. The Morgan fingerprint density at radius 1 is 1.06 bits per heavy atom. The Morgan fingerprint density at radius 3 is 2.55 bits per heavy atom. The number of rotatable bonds is 6. The zero-order valence-corrected chi connectivity index (χ0v) is 18.6. The summed E-state index contributed by atoms with van der Waals surface area (Å²) in [5, 5.41) is 4.15. The van der Waals surface area contributed by atoms with Gasteiger partial charge in [-0.1, -0.05) is 59.4 Å². The number of aromatic nitrogens is 2. The van der Waals surface area contributed by atoms with Crippen LogP contribution in [0.5, 0.6) is 0 Å². The predicted molar refractivity (Wildman–Crippen MR) is 127 cm³/mol. The molecular weight excluding hydrogens is 428 g/mol. The van der Waals surface area contributed by atoms with E-state index in [1.165, 1.54) is 23.1 Å². The lowest BCUT2D eigenvalue weighted by Crippen LogP contribution is -2.13. The van der Waals surface area contributed by atoms with Gasteiger partial charge in [0.2, 0.25) is 5.91 Å². The number of carbonyl (C=O) groups is 2. The van der Waals surface area contributed by atoms with Crippen molar-refractivity contribution in [2.24, 2.45) is 5.73 Å². The van der Waals surface area contributed by atoms with Crippen LogP contribution in [-0.4, -0.2) is 27.5 Å². The standard InChI is InChI=1S/C23H20N4O2S2/c1-13-7-9-15(10-8-13)19-11-17(16-5-3-4-6-18(16)26-19)21(29)27-23-25-14(2)22(31-23)30-12-20(24)28/h3-11H,12H2,1-2H3,(H2,24,28)(H,25,27,29). The van der Waals surface area contributed by atoms with Crippen LogP contribution in [0.3, 0.4) is 0 Å². The lowest BCUT2D eigenvalue weighted by molar-refractivity contribution is -0.115. The third-order valence-electron chi connectivity index (χ3n) is 4.63. The minimum Gasteiger partial charge on any atom is -0.369 e. The summed E-state index contributed by atoms with van der Waals surface area (Å²) in [5.41, 5.74) is 10.1. The number of nitrogens with one attached hydrogen (secondary N) is 1. The average molecular weight is 449 g/mol. The van der Waals surface area contributed by atoms with Crippen LogP contribution in [0, 0.1) is 13.8 Å². The van der Waals surface area contributed by atoms with Gasteiger partial charge in [0, 0.05) is 10.9 Å². The smallest absolute Gasteiger partial charge is 0.258 e. The minimum absolute atomic E-state index is 0.172. The van der Waals surface area contributed by atoms with Crippen LogP contribution < -0.4 is 11.1 Å². The molecule has 0 fully saturated rings. The fourth-order valence-electron chi connectivity index (χ4n) is 3.11. The van der Waals surface area contributed by atoms with E-state index >= 15 is 0 Å². The Hall–Kier alpha value is -3.23. The number of benzene rings is 2. The number of aryl methyl sites for hydroxylation is 2. The van der Waals surface area contributed by atoms with Gasteiger partial charge in [-0.25, -0.2) is 9.97 Å². The maximum atomic E-state index is 13.2. The molecule has 2 aromatic carbocycles. The van der Waals surface area contributed by atoms with Crippen LogP contribution >= 0.6 is 23.1 Å². The van der Waals surface area contributed by atoms with Gasteiger partial charge >= 0.3 is 0 Å². The topological polar surface area (TPSA) is 98.0 Å². The summed E-state index contributed by atoms with van der Waals surface area (Å²) < 4.78 is 0.856. The van der Waals surface area contributed by atoms with E-state index in [2.05, 4.69) is 10.3 Å².